The van der Waals surface area contributed by atoms with Crippen LogP contribution in [0.5, 0.6) is 0 Å². The van der Waals surface area contributed by atoms with Crippen LogP contribution in [-0.4, -0.2) is 36.7 Å². The summed E-state index contributed by atoms with van der Waals surface area (Å²) < 4.78 is 5.40. The van der Waals surface area contributed by atoms with Crippen LogP contribution < -0.4 is 0 Å². The first-order valence-corrected chi connectivity index (χ1v) is 7.90. The normalized spacial score (nSPS) is 19.3. The van der Waals surface area contributed by atoms with Crippen LogP contribution in [0.3, 0.4) is 0 Å². The molecule has 1 saturated heterocycles. The third-order valence-corrected chi connectivity index (χ3v) is 4.95. The Bertz CT molecular complexity index is 366. The zero-order chi connectivity index (χ0) is 13.0. The monoisotopic (exact) mass is 288 g/mol. The van der Waals surface area contributed by atoms with Crippen LogP contribution in [-0.2, 0) is 10.6 Å². The van der Waals surface area contributed by atoms with Gasteiger partial charge in [0.25, 0.3) is 0 Å². The maximum absolute atomic E-state index is 5.80. The van der Waals surface area contributed by atoms with Gasteiger partial charge < -0.3 is 4.74 Å². The first-order valence-electron chi connectivity index (χ1n) is 6.49. The summed E-state index contributed by atoms with van der Waals surface area (Å²) in [5.74, 6) is 1.27. The zero-order valence-electron chi connectivity index (χ0n) is 11.1. The Morgan fingerprint density at radius 2 is 2.28 bits per heavy atom. The van der Waals surface area contributed by atoms with E-state index in [-0.39, 0.29) is 0 Å². The Morgan fingerprint density at radius 3 is 2.89 bits per heavy atom. The topological polar surface area (TPSA) is 25.4 Å². The van der Waals surface area contributed by atoms with Gasteiger partial charge in [-0.2, -0.15) is 0 Å². The van der Waals surface area contributed by atoms with Gasteiger partial charge in [-0.1, -0.05) is 0 Å². The summed E-state index contributed by atoms with van der Waals surface area (Å²) in [6.45, 7) is 5.18. The van der Waals surface area contributed by atoms with Crippen molar-refractivity contribution in [3.05, 3.63) is 16.1 Å². The fraction of sp³-hybridized carbons (Fsp3) is 0.769. The van der Waals surface area contributed by atoms with Gasteiger partial charge in [-0.3, -0.25) is 4.90 Å². The largest absolute Gasteiger partial charge is 0.381 e. The van der Waals surface area contributed by atoms with Gasteiger partial charge in [-0.25, -0.2) is 4.98 Å². The summed E-state index contributed by atoms with van der Waals surface area (Å²) in [5.41, 5.74) is 0.989. The van der Waals surface area contributed by atoms with E-state index in [4.69, 9.17) is 16.3 Å². The number of ether oxygens (including phenoxy) is 1. The molecule has 0 saturated carbocycles. The highest BCUT2D eigenvalue weighted by atomic mass is 35.5. The van der Waals surface area contributed by atoms with Crippen molar-refractivity contribution in [2.75, 3.05) is 26.8 Å². The van der Waals surface area contributed by atoms with Crippen molar-refractivity contribution >= 4 is 22.9 Å². The predicted octanol–water partition coefficient (Wildman–Crippen LogP) is 3.30. The fourth-order valence-electron chi connectivity index (χ4n) is 2.26. The lowest BCUT2D eigenvalue weighted by Crippen LogP contribution is -2.31. The lowest BCUT2D eigenvalue weighted by Gasteiger charge is -2.30. The van der Waals surface area contributed by atoms with Crippen LogP contribution in [0.1, 0.15) is 36.5 Å². The molecule has 5 heteroatoms. The van der Waals surface area contributed by atoms with E-state index in [0.29, 0.717) is 11.9 Å². The molecule has 1 aliphatic heterocycles. The number of thiazole rings is 1. The fourth-order valence-corrected chi connectivity index (χ4v) is 3.43. The number of halogens is 1. The number of hydrogen-bond donors (Lipinski definition) is 0. The summed E-state index contributed by atoms with van der Waals surface area (Å²) in [6, 6.07) is 0.370. The Balaban J connectivity index is 1.88. The Labute approximate surface area is 118 Å². The van der Waals surface area contributed by atoms with Gasteiger partial charge in [0, 0.05) is 25.1 Å². The smallest absolute Gasteiger partial charge is 0.110 e. The van der Waals surface area contributed by atoms with E-state index in [0.717, 1.165) is 31.4 Å². The Hall–Kier alpha value is -0.160. The second-order valence-corrected chi connectivity index (χ2v) is 6.14. The van der Waals surface area contributed by atoms with Gasteiger partial charge in [0.05, 0.1) is 17.6 Å². The van der Waals surface area contributed by atoms with Crippen LogP contribution >= 0.6 is 22.9 Å². The van der Waals surface area contributed by atoms with Gasteiger partial charge >= 0.3 is 0 Å². The Kier molecular flexibility index (Phi) is 5.42. The molecule has 1 aromatic rings. The van der Waals surface area contributed by atoms with Crippen LogP contribution in [0.2, 0.25) is 0 Å². The maximum atomic E-state index is 5.80. The molecule has 2 rings (SSSR count). The van der Waals surface area contributed by atoms with E-state index in [1.165, 1.54) is 17.8 Å². The first-order chi connectivity index (χ1) is 8.70. The zero-order valence-corrected chi connectivity index (χ0v) is 12.6. The van der Waals surface area contributed by atoms with Crippen LogP contribution in [0.4, 0.5) is 0 Å². The molecule has 0 radical (unpaired) electrons. The third kappa shape index (κ3) is 3.67. The van der Waals surface area contributed by atoms with E-state index >= 15 is 0 Å². The third-order valence-electron chi connectivity index (χ3n) is 3.61. The molecule has 1 atom stereocenters. The van der Waals surface area contributed by atoms with E-state index in [1.807, 2.05) is 0 Å². The maximum Gasteiger partial charge on any atom is 0.110 e. The lowest BCUT2D eigenvalue weighted by atomic mass is 9.99. The second kappa shape index (κ2) is 6.85. The average molecular weight is 289 g/mol. The van der Waals surface area contributed by atoms with E-state index < -0.39 is 0 Å². The van der Waals surface area contributed by atoms with Gasteiger partial charge in [0.1, 0.15) is 5.01 Å². The molecule has 0 aromatic carbocycles. The summed E-state index contributed by atoms with van der Waals surface area (Å²) in [4.78, 5) is 6.96. The summed E-state index contributed by atoms with van der Waals surface area (Å²) in [6.07, 6.45) is 2.36. The highest BCUT2D eigenvalue weighted by Gasteiger charge is 2.20. The van der Waals surface area contributed by atoms with Crippen molar-refractivity contribution in [2.24, 2.45) is 5.92 Å². The number of aromatic nitrogens is 1. The van der Waals surface area contributed by atoms with Gasteiger partial charge in [-0.15, -0.1) is 22.9 Å². The van der Waals surface area contributed by atoms with Crippen LogP contribution in [0, 0.1) is 5.92 Å². The van der Waals surface area contributed by atoms with E-state index in [9.17, 15) is 0 Å². The minimum atomic E-state index is 0.370. The molecule has 3 nitrogen and oxygen atoms in total. The molecule has 0 N–H and O–H groups in total. The molecular formula is C13H21ClN2OS. The highest BCUT2D eigenvalue weighted by molar-refractivity contribution is 7.09. The molecule has 1 aromatic heterocycles. The first kappa shape index (κ1) is 14.3. The molecule has 1 unspecified atom stereocenters. The minimum Gasteiger partial charge on any atom is -0.381 e. The number of nitrogens with zero attached hydrogens (tertiary/aromatic N) is 2. The SMILES string of the molecule is CC(c1nc(CCl)cs1)N(C)CC1CCOCC1. The van der Waals surface area contributed by atoms with Crippen LogP contribution in [0.15, 0.2) is 5.38 Å². The molecule has 1 aliphatic rings. The van der Waals surface area contributed by atoms with Crippen molar-refractivity contribution < 1.29 is 4.74 Å². The van der Waals surface area contributed by atoms with Gasteiger partial charge in [-0.05, 0) is 32.7 Å². The predicted molar refractivity (Wildman–Crippen MR) is 76.3 cm³/mol. The summed E-state index contributed by atoms with van der Waals surface area (Å²) in [5, 5.41) is 3.22. The molecule has 1 fully saturated rings. The molecule has 18 heavy (non-hydrogen) atoms. The molecule has 0 amide bonds. The number of hydrogen-bond acceptors (Lipinski definition) is 4. The molecular weight excluding hydrogens is 268 g/mol. The van der Waals surface area contributed by atoms with Crippen molar-refractivity contribution in [1.82, 2.24) is 9.88 Å². The van der Waals surface area contributed by atoms with Crippen molar-refractivity contribution in [3.63, 3.8) is 0 Å². The van der Waals surface area contributed by atoms with Crippen molar-refractivity contribution in [1.29, 1.82) is 0 Å². The molecule has 0 aliphatic carbocycles. The van der Waals surface area contributed by atoms with E-state index in [2.05, 4.69) is 29.2 Å². The molecule has 0 bridgehead atoms. The van der Waals surface area contributed by atoms with Gasteiger partial charge in [0.2, 0.25) is 0 Å². The second-order valence-electron chi connectivity index (χ2n) is 4.98. The lowest BCUT2D eigenvalue weighted by molar-refractivity contribution is 0.0513. The minimum absolute atomic E-state index is 0.370. The summed E-state index contributed by atoms with van der Waals surface area (Å²) in [7, 11) is 2.18. The van der Waals surface area contributed by atoms with Crippen molar-refractivity contribution in [3.8, 4) is 0 Å². The highest BCUT2D eigenvalue weighted by Crippen LogP contribution is 2.25. The quantitative estimate of drug-likeness (QED) is 0.778. The van der Waals surface area contributed by atoms with Crippen molar-refractivity contribution in [2.45, 2.75) is 31.7 Å². The number of rotatable bonds is 5. The average Bonchev–Trinajstić information content (AvgIpc) is 2.87. The summed E-state index contributed by atoms with van der Waals surface area (Å²) >= 11 is 7.51. The van der Waals surface area contributed by atoms with Gasteiger partial charge in [0.15, 0.2) is 0 Å². The van der Waals surface area contributed by atoms with E-state index in [1.54, 1.807) is 11.3 Å². The van der Waals surface area contributed by atoms with Crippen LogP contribution in [0.25, 0.3) is 0 Å². The number of alkyl halides is 1. The Morgan fingerprint density at radius 1 is 1.56 bits per heavy atom. The molecule has 102 valence electrons. The molecule has 0 spiro atoms. The molecule has 2 heterocycles. The standard InChI is InChI=1S/C13H21ClN2OS/c1-10(13-15-12(7-14)9-18-13)16(2)8-11-3-5-17-6-4-11/h9-11H,3-8H2,1-2H3.